The Balaban J connectivity index is 1.89. The number of hydrogen-bond donors (Lipinski definition) is 3. The Kier molecular flexibility index (Phi) is 6.02. The predicted octanol–water partition coefficient (Wildman–Crippen LogP) is 0.389. The van der Waals surface area contributed by atoms with Crippen molar-refractivity contribution in [1.82, 2.24) is 14.9 Å². The summed E-state index contributed by atoms with van der Waals surface area (Å²) >= 11 is 0. The molecule has 0 aliphatic carbocycles. The third-order valence-electron chi connectivity index (χ3n) is 2.27. The van der Waals surface area contributed by atoms with Gasteiger partial charge in [-0.2, -0.15) is 0 Å². The van der Waals surface area contributed by atoms with Gasteiger partial charge in [-0.25, -0.2) is 4.98 Å². The molecule has 1 aromatic rings. The molecule has 0 spiro atoms. The van der Waals surface area contributed by atoms with Gasteiger partial charge in [0.05, 0.1) is 6.33 Å². The first-order valence-corrected chi connectivity index (χ1v) is 5.46. The number of rotatable bonds is 8. The number of unbranched alkanes of at least 4 members (excludes halogenated alkanes) is 1. The summed E-state index contributed by atoms with van der Waals surface area (Å²) in [5.74, 6) is 0.304. The summed E-state index contributed by atoms with van der Waals surface area (Å²) in [6, 6.07) is 0. The van der Waals surface area contributed by atoms with Gasteiger partial charge in [0, 0.05) is 31.9 Å². The lowest BCUT2D eigenvalue weighted by molar-refractivity contribution is 0.316. The number of imidazole rings is 1. The van der Waals surface area contributed by atoms with Gasteiger partial charge in [-0.3, -0.25) is 0 Å². The van der Waals surface area contributed by atoms with Crippen molar-refractivity contribution >= 4 is 5.84 Å². The summed E-state index contributed by atoms with van der Waals surface area (Å²) in [6.45, 7) is 2.81. The molecule has 0 aromatic carbocycles. The summed E-state index contributed by atoms with van der Waals surface area (Å²) in [7, 11) is 0. The van der Waals surface area contributed by atoms with E-state index in [4.69, 9.17) is 10.9 Å². The SMILES string of the molecule is NC(CCCCNCCn1ccnc1)=NO. The van der Waals surface area contributed by atoms with Crippen molar-refractivity contribution in [1.29, 1.82) is 0 Å². The van der Waals surface area contributed by atoms with E-state index in [9.17, 15) is 0 Å². The molecule has 4 N–H and O–H groups in total. The van der Waals surface area contributed by atoms with Crippen molar-refractivity contribution in [2.45, 2.75) is 25.8 Å². The highest BCUT2D eigenvalue weighted by Crippen LogP contribution is 1.93. The van der Waals surface area contributed by atoms with Crippen molar-refractivity contribution in [2.24, 2.45) is 10.9 Å². The van der Waals surface area contributed by atoms with E-state index < -0.39 is 0 Å². The molecule has 0 amide bonds. The number of nitrogens with two attached hydrogens (primary N) is 1. The minimum Gasteiger partial charge on any atom is -0.409 e. The van der Waals surface area contributed by atoms with Gasteiger partial charge in [0.2, 0.25) is 0 Å². The molecule has 0 saturated heterocycles. The fraction of sp³-hybridized carbons (Fsp3) is 0.600. The average Bonchev–Trinajstić information content (AvgIpc) is 2.80. The summed E-state index contributed by atoms with van der Waals surface area (Å²) < 4.78 is 2.03. The molecule has 0 aliphatic rings. The van der Waals surface area contributed by atoms with Crippen molar-refractivity contribution in [2.75, 3.05) is 13.1 Å². The zero-order chi connectivity index (χ0) is 11.6. The van der Waals surface area contributed by atoms with E-state index in [1.54, 1.807) is 12.5 Å². The summed E-state index contributed by atoms with van der Waals surface area (Å²) in [6.07, 6.45) is 8.14. The Hall–Kier alpha value is -1.56. The Morgan fingerprint density at radius 1 is 1.44 bits per heavy atom. The Labute approximate surface area is 95.2 Å². The lowest BCUT2D eigenvalue weighted by atomic mass is 10.2. The second kappa shape index (κ2) is 7.70. The van der Waals surface area contributed by atoms with Crippen LogP contribution in [0.4, 0.5) is 0 Å². The van der Waals surface area contributed by atoms with Crippen molar-refractivity contribution in [3.05, 3.63) is 18.7 Å². The van der Waals surface area contributed by atoms with Crippen LogP contribution in [0.2, 0.25) is 0 Å². The van der Waals surface area contributed by atoms with E-state index in [1.165, 1.54) is 0 Å². The number of oxime groups is 1. The molecule has 90 valence electrons. The van der Waals surface area contributed by atoms with E-state index >= 15 is 0 Å². The Morgan fingerprint density at radius 2 is 2.31 bits per heavy atom. The maximum absolute atomic E-state index is 8.32. The van der Waals surface area contributed by atoms with Crippen LogP contribution in [0.15, 0.2) is 23.9 Å². The van der Waals surface area contributed by atoms with E-state index in [-0.39, 0.29) is 0 Å². The van der Waals surface area contributed by atoms with Gasteiger partial charge in [0.15, 0.2) is 0 Å². The first-order chi connectivity index (χ1) is 7.83. The quantitative estimate of drug-likeness (QED) is 0.196. The van der Waals surface area contributed by atoms with E-state index in [2.05, 4.69) is 15.5 Å². The zero-order valence-corrected chi connectivity index (χ0v) is 9.34. The highest BCUT2D eigenvalue weighted by Gasteiger charge is 1.94. The van der Waals surface area contributed by atoms with Gasteiger partial charge in [-0.15, -0.1) is 0 Å². The van der Waals surface area contributed by atoms with Crippen LogP contribution in [0.1, 0.15) is 19.3 Å². The lowest BCUT2D eigenvalue weighted by Gasteiger charge is -2.04. The molecule has 1 heterocycles. The van der Waals surface area contributed by atoms with Gasteiger partial charge >= 0.3 is 0 Å². The molecule has 0 aliphatic heterocycles. The Morgan fingerprint density at radius 3 is 3.00 bits per heavy atom. The van der Waals surface area contributed by atoms with Crippen LogP contribution < -0.4 is 11.1 Å². The summed E-state index contributed by atoms with van der Waals surface area (Å²) in [5, 5.41) is 14.6. The first kappa shape index (κ1) is 12.5. The monoisotopic (exact) mass is 225 g/mol. The minimum atomic E-state index is 0.304. The number of nitrogens with one attached hydrogen (secondary N) is 1. The third kappa shape index (κ3) is 5.35. The molecule has 0 fully saturated rings. The molecule has 0 bridgehead atoms. The fourth-order valence-corrected chi connectivity index (χ4v) is 1.36. The van der Waals surface area contributed by atoms with Crippen LogP contribution in [-0.2, 0) is 6.54 Å². The van der Waals surface area contributed by atoms with Crippen LogP contribution in [0, 0.1) is 0 Å². The molecule has 6 nitrogen and oxygen atoms in total. The van der Waals surface area contributed by atoms with Crippen LogP contribution in [0.3, 0.4) is 0 Å². The highest BCUT2D eigenvalue weighted by atomic mass is 16.4. The minimum absolute atomic E-state index is 0.304. The highest BCUT2D eigenvalue weighted by molar-refractivity contribution is 5.79. The molecule has 16 heavy (non-hydrogen) atoms. The summed E-state index contributed by atoms with van der Waals surface area (Å²) in [5.41, 5.74) is 5.35. The molecular weight excluding hydrogens is 206 g/mol. The van der Waals surface area contributed by atoms with Crippen molar-refractivity contribution in [3.8, 4) is 0 Å². The lowest BCUT2D eigenvalue weighted by Crippen LogP contribution is -2.21. The van der Waals surface area contributed by atoms with Crippen LogP contribution in [-0.4, -0.2) is 33.7 Å². The van der Waals surface area contributed by atoms with Gasteiger partial charge < -0.3 is 20.8 Å². The second-order valence-electron chi connectivity index (χ2n) is 3.60. The molecule has 1 rings (SSSR count). The number of hydrogen-bond acceptors (Lipinski definition) is 4. The standard InChI is InChI=1S/C10H19N5O/c11-10(14-16)3-1-2-4-12-5-7-15-8-6-13-9-15/h6,8-9,12,16H,1-5,7H2,(H2,11,14). The van der Waals surface area contributed by atoms with Gasteiger partial charge in [-0.05, 0) is 19.4 Å². The Bertz CT molecular complexity index is 296. The molecular formula is C10H19N5O. The van der Waals surface area contributed by atoms with Crippen molar-refractivity contribution in [3.63, 3.8) is 0 Å². The molecule has 0 radical (unpaired) electrons. The first-order valence-electron chi connectivity index (χ1n) is 5.46. The van der Waals surface area contributed by atoms with Crippen LogP contribution >= 0.6 is 0 Å². The number of aromatic nitrogens is 2. The molecule has 1 aromatic heterocycles. The van der Waals surface area contributed by atoms with Gasteiger partial charge in [0.25, 0.3) is 0 Å². The van der Waals surface area contributed by atoms with Gasteiger partial charge in [0.1, 0.15) is 5.84 Å². The third-order valence-corrected chi connectivity index (χ3v) is 2.27. The average molecular weight is 225 g/mol. The maximum Gasteiger partial charge on any atom is 0.139 e. The smallest absolute Gasteiger partial charge is 0.139 e. The molecule has 0 unspecified atom stereocenters. The summed E-state index contributed by atoms with van der Waals surface area (Å²) in [4.78, 5) is 3.96. The van der Waals surface area contributed by atoms with Crippen LogP contribution in [0.25, 0.3) is 0 Å². The number of nitrogens with zero attached hydrogens (tertiary/aromatic N) is 3. The largest absolute Gasteiger partial charge is 0.409 e. The normalized spacial score (nSPS) is 11.9. The number of amidine groups is 1. The van der Waals surface area contributed by atoms with Crippen LogP contribution in [0.5, 0.6) is 0 Å². The molecule has 6 heteroatoms. The maximum atomic E-state index is 8.32. The van der Waals surface area contributed by atoms with E-state index in [0.29, 0.717) is 12.3 Å². The van der Waals surface area contributed by atoms with E-state index in [0.717, 1.165) is 32.5 Å². The molecule has 0 atom stereocenters. The van der Waals surface area contributed by atoms with Gasteiger partial charge in [-0.1, -0.05) is 5.16 Å². The van der Waals surface area contributed by atoms with Crippen molar-refractivity contribution < 1.29 is 5.21 Å². The molecule has 0 saturated carbocycles. The zero-order valence-electron chi connectivity index (χ0n) is 9.34. The fourth-order valence-electron chi connectivity index (χ4n) is 1.36. The second-order valence-corrected chi connectivity index (χ2v) is 3.60. The topological polar surface area (TPSA) is 88.5 Å². The predicted molar refractivity (Wildman–Crippen MR) is 62.4 cm³/mol. The van der Waals surface area contributed by atoms with E-state index in [1.807, 2.05) is 10.8 Å².